The molecule has 4 heteroatoms. The van der Waals surface area contributed by atoms with Crippen LogP contribution in [0.5, 0.6) is 0 Å². The van der Waals surface area contributed by atoms with E-state index >= 15 is 0 Å². The predicted molar refractivity (Wildman–Crippen MR) is 72.7 cm³/mol. The number of nitrogens with two attached hydrogens (primary N) is 1. The first kappa shape index (κ1) is 12.4. The average Bonchev–Trinajstić information content (AvgIpc) is 2.95. The van der Waals surface area contributed by atoms with Crippen molar-refractivity contribution in [2.24, 2.45) is 5.73 Å². The van der Waals surface area contributed by atoms with Crippen molar-refractivity contribution in [1.29, 1.82) is 0 Å². The first-order chi connectivity index (χ1) is 9.29. The molecular weight excluding hydrogens is 238 g/mol. The van der Waals surface area contributed by atoms with Crippen molar-refractivity contribution in [1.82, 2.24) is 10.1 Å². The highest BCUT2D eigenvalue weighted by molar-refractivity contribution is 5.36. The third-order valence-corrected chi connectivity index (χ3v) is 3.90. The summed E-state index contributed by atoms with van der Waals surface area (Å²) in [4.78, 5) is 4.50. The minimum absolute atomic E-state index is 0.153. The Kier molecular flexibility index (Phi) is 3.34. The van der Waals surface area contributed by atoms with Gasteiger partial charge >= 0.3 is 0 Å². The van der Waals surface area contributed by atoms with E-state index in [0.29, 0.717) is 5.89 Å². The molecule has 1 unspecified atom stereocenters. The van der Waals surface area contributed by atoms with Gasteiger partial charge in [-0.2, -0.15) is 4.98 Å². The van der Waals surface area contributed by atoms with E-state index in [0.717, 1.165) is 25.1 Å². The SMILES string of the molecule is CC[C@H](N)c1nc(C2CCCc3ccccc32)no1. The van der Waals surface area contributed by atoms with Crippen LogP contribution in [-0.4, -0.2) is 10.1 Å². The lowest BCUT2D eigenvalue weighted by molar-refractivity contribution is 0.346. The second-order valence-corrected chi connectivity index (χ2v) is 5.15. The first-order valence-electron chi connectivity index (χ1n) is 6.96. The zero-order valence-corrected chi connectivity index (χ0v) is 11.2. The summed E-state index contributed by atoms with van der Waals surface area (Å²) in [6.45, 7) is 2.02. The highest BCUT2D eigenvalue weighted by Crippen LogP contribution is 2.35. The zero-order valence-electron chi connectivity index (χ0n) is 11.2. The number of rotatable bonds is 3. The van der Waals surface area contributed by atoms with Gasteiger partial charge in [-0.3, -0.25) is 0 Å². The van der Waals surface area contributed by atoms with Crippen LogP contribution in [0.25, 0.3) is 0 Å². The molecule has 1 aromatic heterocycles. The maximum Gasteiger partial charge on any atom is 0.243 e. The monoisotopic (exact) mass is 257 g/mol. The molecule has 0 fully saturated rings. The fraction of sp³-hybridized carbons (Fsp3) is 0.467. The number of nitrogens with zero attached hydrogens (tertiary/aromatic N) is 2. The van der Waals surface area contributed by atoms with Crippen LogP contribution in [-0.2, 0) is 6.42 Å². The van der Waals surface area contributed by atoms with E-state index in [2.05, 4.69) is 34.4 Å². The van der Waals surface area contributed by atoms with Crippen molar-refractivity contribution < 1.29 is 4.52 Å². The standard InChI is InChI=1S/C15H19N3O/c1-2-13(16)15-17-14(18-19-15)12-9-5-7-10-6-3-4-8-11(10)12/h3-4,6,8,12-13H,2,5,7,9,16H2,1H3/t12?,13-/m0/s1. The molecule has 4 nitrogen and oxygen atoms in total. The third kappa shape index (κ3) is 2.28. The summed E-state index contributed by atoms with van der Waals surface area (Å²) >= 11 is 0. The fourth-order valence-electron chi connectivity index (χ4n) is 2.74. The third-order valence-electron chi connectivity index (χ3n) is 3.90. The van der Waals surface area contributed by atoms with E-state index in [1.807, 2.05) is 6.92 Å². The molecule has 0 amide bonds. The molecule has 1 aromatic carbocycles. The summed E-state index contributed by atoms with van der Waals surface area (Å²) < 4.78 is 5.30. The highest BCUT2D eigenvalue weighted by atomic mass is 16.5. The van der Waals surface area contributed by atoms with Gasteiger partial charge in [-0.05, 0) is 36.8 Å². The van der Waals surface area contributed by atoms with E-state index in [1.165, 1.54) is 17.5 Å². The molecule has 0 aliphatic heterocycles. The van der Waals surface area contributed by atoms with Crippen molar-refractivity contribution in [2.45, 2.75) is 44.6 Å². The Morgan fingerprint density at radius 2 is 2.26 bits per heavy atom. The lowest BCUT2D eigenvalue weighted by Crippen LogP contribution is -2.13. The van der Waals surface area contributed by atoms with Crippen LogP contribution < -0.4 is 5.73 Å². The molecule has 3 rings (SSSR count). The molecule has 2 atom stereocenters. The van der Waals surface area contributed by atoms with Gasteiger partial charge in [0.15, 0.2) is 5.82 Å². The molecule has 0 radical (unpaired) electrons. The smallest absolute Gasteiger partial charge is 0.243 e. The second kappa shape index (κ2) is 5.13. The Balaban J connectivity index is 1.93. The van der Waals surface area contributed by atoms with E-state index in [9.17, 15) is 0 Å². The number of aryl methyl sites for hydroxylation is 1. The van der Waals surface area contributed by atoms with Crippen LogP contribution in [0.1, 0.15) is 61.0 Å². The van der Waals surface area contributed by atoms with Gasteiger partial charge in [-0.15, -0.1) is 0 Å². The summed E-state index contributed by atoms with van der Waals surface area (Å²) in [5.41, 5.74) is 8.68. The number of hydrogen-bond acceptors (Lipinski definition) is 4. The molecule has 1 heterocycles. The zero-order chi connectivity index (χ0) is 13.2. The molecule has 1 aliphatic rings. The molecule has 0 bridgehead atoms. The summed E-state index contributed by atoms with van der Waals surface area (Å²) in [6, 6.07) is 8.39. The van der Waals surface area contributed by atoms with E-state index < -0.39 is 0 Å². The van der Waals surface area contributed by atoms with E-state index in [1.54, 1.807) is 0 Å². The predicted octanol–water partition coefficient (Wildman–Crippen LogP) is 2.95. The molecule has 0 saturated heterocycles. The topological polar surface area (TPSA) is 64.9 Å². The van der Waals surface area contributed by atoms with Crippen molar-refractivity contribution in [2.75, 3.05) is 0 Å². The van der Waals surface area contributed by atoms with Gasteiger partial charge in [0.1, 0.15) is 0 Å². The largest absolute Gasteiger partial charge is 0.338 e. The maximum absolute atomic E-state index is 5.94. The number of hydrogen-bond donors (Lipinski definition) is 1. The molecule has 2 N–H and O–H groups in total. The number of fused-ring (bicyclic) bond motifs is 1. The van der Waals surface area contributed by atoms with Crippen LogP contribution in [0, 0.1) is 0 Å². The van der Waals surface area contributed by atoms with Gasteiger partial charge in [0.05, 0.1) is 6.04 Å². The Morgan fingerprint density at radius 3 is 3.11 bits per heavy atom. The summed E-state index contributed by atoms with van der Waals surface area (Å²) in [5, 5.41) is 4.14. The minimum atomic E-state index is -0.153. The van der Waals surface area contributed by atoms with Gasteiger partial charge in [0, 0.05) is 5.92 Å². The van der Waals surface area contributed by atoms with Crippen LogP contribution in [0.4, 0.5) is 0 Å². The molecule has 19 heavy (non-hydrogen) atoms. The Hall–Kier alpha value is -1.68. The summed E-state index contributed by atoms with van der Waals surface area (Å²) in [5.74, 6) is 1.60. The lowest BCUT2D eigenvalue weighted by atomic mass is 9.82. The molecule has 100 valence electrons. The summed E-state index contributed by atoms with van der Waals surface area (Å²) in [6.07, 6.45) is 4.21. The van der Waals surface area contributed by atoms with Crippen molar-refractivity contribution in [3.05, 3.63) is 47.1 Å². The second-order valence-electron chi connectivity index (χ2n) is 5.15. The molecule has 0 saturated carbocycles. The van der Waals surface area contributed by atoms with Crippen molar-refractivity contribution >= 4 is 0 Å². The quantitative estimate of drug-likeness (QED) is 0.918. The van der Waals surface area contributed by atoms with Gasteiger partial charge < -0.3 is 10.3 Å². The maximum atomic E-state index is 5.94. The van der Waals surface area contributed by atoms with E-state index in [4.69, 9.17) is 10.3 Å². The van der Waals surface area contributed by atoms with Crippen LogP contribution in [0.2, 0.25) is 0 Å². The molecule has 1 aliphatic carbocycles. The van der Waals surface area contributed by atoms with Crippen molar-refractivity contribution in [3.63, 3.8) is 0 Å². The normalized spacial score (nSPS) is 20.0. The van der Waals surface area contributed by atoms with Crippen molar-refractivity contribution in [3.8, 4) is 0 Å². The van der Waals surface area contributed by atoms with Crippen LogP contribution >= 0.6 is 0 Å². The fourth-order valence-corrected chi connectivity index (χ4v) is 2.74. The molecule has 2 aromatic rings. The van der Waals surface area contributed by atoms with E-state index in [-0.39, 0.29) is 12.0 Å². The van der Waals surface area contributed by atoms with Crippen LogP contribution in [0.15, 0.2) is 28.8 Å². The minimum Gasteiger partial charge on any atom is -0.338 e. The highest BCUT2D eigenvalue weighted by Gasteiger charge is 2.26. The lowest BCUT2D eigenvalue weighted by Gasteiger charge is -2.22. The number of aromatic nitrogens is 2. The van der Waals surface area contributed by atoms with Gasteiger partial charge in [0.2, 0.25) is 5.89 Å². The Labute approximate surface area is 113 Å². The Bertz CT molecular complexity index is 564. The van der Waals surface area contributed by atoms with Gasteiger partial charge in [0.25, 0.3) is 0 Å². The first-order valence-corrected chi connectivity index (χ1v) is 6.96. The molecule has 0 spiro atoms. The number of benzene rings is 1. The average molecular weight is 257 g/mol. The molecular formula is C15H19N3O. The van der Waals surface area contributed by atoms with Gasteiger partial charge in [-0.1, -0.05) is 36.3 Å². The van der Waals surface area contributed by atoms with Crippen LogP contribution in [0.3, 0.4) is 0 Å². The summed E-state index contributed by atoms with van der Waals surface area (Å²) in [7, 11) is 0. The van der Waals surface area contributed by atoms with Gasteiger partial charge in [-0.25, -0.2) is 0 Å². The Morgan fingerprint density at radius 1 is 1.42 bits per heavy atom.